The van der Waals surface area contributed by atoms with E-state index in [1.54, 1.807) is 6.92 Å². The van der Waals surface area contributed by atoms with Gasteiger partial charge in [-0.05, 0) is 19.1 Å². The molecule has 0 aliphatic carbocycles. The summed E-state index contributed by atoms with van der Waals surface area (Å²) in [7, 11) is 2.74. The Bertz CT molecular complexity index is 464. The number of carbonyl (C=O) groups excluding carboxylic acids is 1. The summed E-state index contributed by atoms with van der Waals surface area (Å²) in [5.74, 6) is -5.46. The Balaban J connectivity index is 2.87. The highest BCUT2D eigenvalue weighted by Gasteiger charge is 2.23. The molecule has 0 spiro atoms. The smallest absolute Gasteiger partial charge is 0.254 e. The first-order chi connectivity index (χ1) is 8.92. The molecule has 0 aliphatic rings. The van der Waals surface area contributed by atoms with E-state index in [0.29, 0.717) is 6.07 Å². The van der Waals surface area contributed by atoms with Gasteiger partial charge in [0.2, 0.25) is 0 Å². The zero-order valence-corrected chi connectivity index (χ0v) is 10.7. The summed E-state index contributed by atoms with van der Waals surface area (Å²) in [4.78, 5) is 11.7. The van der Waals surface area contributed by atoms with Gasteiger partial charge in [0.1, 0.15) is 0 Å². The van der Waals surface area contributed by atoms with E-state index in [1.165, 1.54) is 14.2 Å². The van der Waals surface area contributed by atoms with Gasteiger partial charge in [-0.15, -0.1) is 0 Å². The minimum absolute atomic E-state index is 0.586. The highest BCUT2D eigenvalue weighted by atomic mass is 19.2. The number of benzene rings is 1. The Morgan fingerprint density at radius 3 is 2.26 bits per heavy atom. The molecule has 1 rings (SSSR count). The number of hydrogen-bond acceptors (Lipinski definition) is 3. The molecule has 0 aliphatic heterocycles. The predicted molar refractivity (Wildman–Crippen MR) is 61.1 cm³/mol. The van der Waals surface area contributed by atoms with E-state index in [4.69, 9.17) is 9.47 Å². The highest BCUT2D eigenvalue weighted by molar-refractivity contribution is 5.94. The molecule has 0 saturated heterocycles. The minimum Gasteiger partial charge on any atom is -0.354 e. The third kappa shape index (κ3) is 3.45. The van der Waals surface area contributed by atoms with Gasteiger partial charge in [0.15, 0.2) is 23.7 Å². The van der Waals surface area contributed by atoms with Crippen LogP contribution >= 0.6 is 0 Å². The number of carbonyl (C=O) groups is 1. The maximum Gasteiger partial charge on any atom is 0.254 e. The molecule has 1 unspecified atom stereocenters. The van der Waals surface area contributed by atoms with Crippen LogP contribution in [0.5, 0.6) is 0 Å². The van der Waals surface area contributed by atoms with Gasteiger partial charge in [0, 0.05) is 14.2 Å². The van der Waals surface area contributed by atoms with Gasteiger partial charge in [-0.2, -0.15) is 0 Å². The van der Waals surface area contributed by atoms with Gasteiger partial charge in [-0.25, -0.2) is 13.2 Å². The summed E-state index contributed by atoms with van der Waals surface area (Å²) in [6, 6.07) is 0.946. The molecule has 19 heavy (non-hydrogen) atoms. The van der Waals surface area contributed by atoms with Crippen LogP contribution in [0.15, 0.2) is 12.1 Å². The summed E-state index contributed by atoms with van der Waals surface area (Å²) < 4.78 is 48.9. The van der Waals surface area contributed by atoms with Crippen molar-refractivity contribution in [2.75, 3.05) is 14.2 Å². The summed E-state index contributed by atoms with van der Waals surface area (Å²) >= 11 is 0. The van der Waals surface area contributed by atoms with Gasteiger partial charge in [0.25, 0.3) is 5.91 Å². The fourth-order valence-corrected chi connectivity index (χ4v) is 1.56. The van der Waals surface area contributed by atoms with Crippen LogP contribution in [0.1, 0.15) is 17.3 Å². The molecule has 106 valence electrons. The highest BCUT2D eigenvalue weighted by Crippen LogP contribution is 2.15. The maximum absolute atomic E-state index is 13.4. The largest absolute Gasteiger partial charge is 0.354 e. The summed E-state index contributed by atoms with van der Waals surface area (Å²) in [5.41, 5.74) is -0.586. The lowest BCUT2D eigenvalue weighted by molar-refractivity contribution is -0.117. The third-order valence-corrected chi connectivity index (χ3v) is 2.51. The zero-order chi connectivity index (χ0) is 14.6. The van der Waals surface area contributed by atoms with Crippen molar-refractivity contribution in [2.45, 2.75) is 19.3 Å². The number of hydrogen-bond donors (Lipinski definition) is 1. The molecule has 0 bridgehead atoms. The maximum atomic E-state index is 13.4. The summed E-state index contributed by atoms with van der Waals surface area (Å²) in [6.07, 6.45) is -0.739. The fraction of sp³-hybridized carbons (Fsp3) is 0.417. The number of ether oxygens (including phenoxy) is 2. The molecule has 0 heterocycles. The van der Waals surface area contributed by atoms with Gasteiger partial charge in [-0.1, -0.05) is 0 Å². The van der Waals surface area contributed by atoms with Crippen molar-refractivity contribution in [1.82, 2.24) is 5.32 Å². The van der Waals surface area contributed by atoms with Crippen LogP contribution in [0.3, 0.4) is 0 Å². The van der Waals surface area contributed by atoms with Crippen molar-refractivity contribution in [3.8, 4) is 0 Å². The molecule has 1 atom stereocenters. The molecule has 0 saturated carbocycles. The van der Waals surface area contributed by atoms with Crippen LogP contribution in [0.2, 0.25) is 0 Å². The normalized spacial score (nSPS) is 12.6. The fourth-order valence-electron chi connectivity index (χ4n) is 1.56. The molecule has 0 radical (unpaired) electrons. The molecule has 0 fully saturated rings. The molecule has 1 aromatic rings. The van der Waals surface area contributed by atoms with E-state index in [2.05, 4.69) is 5.32 Å². The lowest BCUT2D eigenvalue weighted by Gasteiger charge is -2.22. The molecule has 1 aromatic carbocycles. The lowest BCUT2D eigenvalue weighted by atomic mass is 10.1. The number of halogens is 3. The molecule has 7 heteroatoms. The molecular weight excluding hydrogens is 263 g/mol. The van der Waals surface area contributed by atoms with Crippen LogP contribution in [0.4, 0.5) is 13.2 Å². The summed E-state index contributed by atoms with van der Waals surface area (Å²) in [5, 5.41) is 2.37. The molecule has 1 amide bonds. The lowest BCUT2D eigenvalue weighted by Crippen LogP contribution is -2.43. The van der Waals surface area contributed by atoms with Crippen molar-refractivity contribution in [3.05, 3.63) is 35.1 Å². The number of rotatable bonds is 5. The van der Waals surface area contributed by atoms with Crippen molar-refractivity contribution in [2.24, 2.45) is 0 Å². The first kappa shape index (κ1) is 15.5. The number of methoxy groups -OCH3 is 2. The first-order valence-electron chi connectivity index (χ1n) is 5.42. The minimum atomic E-state index is -1.68. The molecule has 4 nitrogen and oxygen atoms in total. The Hall–Kier alpha value is -1.60. The van der Waals surface area contributed by atoms with E-state index >= 15 is 0 Å². The van der Waals surface area contributed by atoms with Crippen LogP contribution in [-0.2, 0) is 9.47 Å². The van der Waals surface area contributed by atoms with Crippen molar-refractivity contribution in [3.63, 3.8) is 0 Å². The quantitative estimate of drug-likeness (QED) is 0.660. The zero-order valence-electron chi connectivity index (χ0n) is 10.7. The Morgan fingerprint density at radius 1 is 1.16 bits per heavy atom. The van der Waals surface area contributed by atoms with E-state index in [9.17, 15) is 18.0 Å². The second-order valence-electron chi connectivity index (χ2n) is 3.82. The van der Waals surface area contributed by atoms with Crippen molar-refractivity contribution in [1.29, 1.82) is 0 Å². The van der Waals surface area contributed by atoms with Gasteiger partial charge in [0.05, 0.1) is 11.6 Å². The number of amides is 1. The van der Waals surface area contributed by atoms with Crippen LogP contribution in [0, 0.1) is 17.5 Å². The first-order valence-corrected chi connectivity index (χ1v) is 5.42. The average Bonchev–Trinajstić information content (AvgIpc) is 2.37. The topological polar surface area (TPSA) is 47.6 Å². The molecular formula is C12H14F3NO3. The Morgan fingerprint density at radius 2 is 1.74 bits per heavy atom. The van der Waals surface area contributed by atoms with E-state index in [1.807, 2.05) is 0 Å². The monoisotopic (exact) mass is 277 g/mol. The van der Waals surface area contributed by atoms with Crippen molar-refractivity contribution < 1.29 is 27.4 Å². The van der Waals surface area contributed by atoms with Crippen LogP contribution < -0.4 is 5.32 Å². The predicted octanol–water partition coefficient (Wildman–Crippen LogP) is 1.84. The van der Waals surface area contributed by atoms with Crippen molar-refractivity contribution >= 4 is 5.91 Å². The standard InChI is InChI=1S/C12H14F3NO3/c1-6(12(18-2)19-3)16-11(17)7-4-5-8(13)10(15)9(7)14/h4-6,12H,1-3H3,(H,16,17). The van der Waals surface area contributed by atoms with Gasteiger partial charge in [-0.3, -0.25) is 4.79 Å². The second kappa shape index (κ2) is 6.53. The molecule has 0 aromatic heterocycles. The van der Waals surface area contributed by atoms with E-state index in [-0.39, 0.29) is 0 Å². The number of nitrogens with one attached hydrogen (secondary N) is 1. The van der Waals surface area contributed by atoms with Gasteiger partial charge >= 0.3 is 0 Å². The van der Waals surface area contributed by atoms with Crippen LogP contribution in [0.25, 0.3) is 0 Å². The third-order valence-electron chi connectivity index (χ3n) is 2.51. The van der Waals surface area contributed by atoms with Gasteiger partial charge < -0.3 is 14.8 Å². The van der Waals surface area contributed by atoms with E-state index < -0.39 is 41.3 Å². The SMILES string of the molecule is COC(OC)C(C)NC(=O)c1ccc(F)c(F)c1F. The average molecular weight is 277 g/mol. The second-order valence-corrected chi connectivity index (χ2v) is 3.82. The summed E-state index contributed by atoms with van der Waals surface area (Å²) in [6.45, 7) is 1.56. The van der Waals surface area contributed by atoms with E-state index in [0.717, 1.165) is 6.07 Å². The molecule has 1 N–H and O–H groups in total. The Labute approximate surface area is 108 Å². The Kier molecular flexibility index (Phi) is 5.31. The van der Waals surface area contributed by atoms with Crippen LogP contribution in [-0.4, -0.2) is 32.5 Å².